The third kappa shape index (κ3) is 4.99. The first kappa shape index (κ1) is 26.9. The Labute approximate surface area is 225 Å². The van der Waals surface area contributed by atoms with Crippen molar-refractivity contribution in [3.05, 3.63) is 82.4 Å². The summed E-state index contributed by atoms with van der Waals surface area (Å²) < 4.78 is 22.0. The lowest BCUT2D eigenvalue weighted by atomic mass is 9.94. The van der Waals surface area contributed by atoms with Gasteiger partial charge in [-0.1, -0.05) is 23.7 Å². The van der Waals surface area contributed by atoms with Gasteiger partial charge in [0.1, 0.15) is 17.3 Å². The van der Waals surface area contributed by atoms with E-state index in [2.05, 4.69) is 0 Å². The van der Waals surface area contributed by atoms with Gasteiger partial charge in [0.25, 0.3) is 11.7 Å². The number of anilines is 1. The fraction of sp³-hybridized carbons (Fsp3) is 0.241. The van der Waals surface area contributed by atoms with Gasteiger partial charge in [-0.15, -0.1) is 0 Å². The Morgan fingerprint density at radius 3 is 2.32 bits per heavy atom. The molecule has 38 heavy (non-hydrogen) atoms. The van der Waals surface area contributed by atoms with Gasteiger partial charge in [-0.05, 0) is 61.9 Å². The highest BCUT2D eigenvalue weighted by molar-refractivity contribution is 6.51. The summed E-state index contributed by atoms with van der Waals surface area (Å²) in [5, 5.41) is 11.8. The van der Waals surface area contributed by atoms with Gasteiger partial charge in [0.2, 0.25) is 0 Å². The van der Waals surface area contributed by atoms with Gasteiger partial charge in [-0.3, -0.25) is 14.5 Å². The van der Waals surface area contributed by atoms with Crippen molar-refractivity contribution in [2.75, 3.05) is 32.3 Å². The van der Waals surface area contributed by atoms with E-state index >= 15 is 0 Å². The molecule has 1 saturated heterocycles. The molecule has 8 nitrogen and oxygen atoms in total. The summed E-state index contributed by atoms with van der Waals surface area (Å²) >= 11 is 6.23. The van der Waals surface area contributed by atoms with E-state index < -0.39 is 17.7 Å². The lowest BCUT2D eigenvalue weighted by molar-refractivity contribution is -0.132. The van der Waals surface area contributed by atoms with Crippen LogP contribution in [0.4, 0.5) is 5.69 Å². The van der Waals surface area contributed by atoms with Crippen LogP contribution >= 0.6 is 11.6 Å². The number of nitrogens with zero attached hydrogens (tertiary/aromatic N) is 1. The van der Waals surface area contributed by atoms with E-state index in [1.165, 1.54) is 25.2 Å². The van der Waals surface area contributed by atoms with E-state index in [0.29, 0.717) is 52.5 Å². The topological polar surface area (TPSA) is 94.5 Å². The molecule has 1 aliphatic heterocycles. The van der Waals surface area contributed by atoms with Crippen LogP contribution in [0.2, 0.25) is 5.02 Å². The van der Waals surface area contributed by atoms with Crippen molar-refractivity contribution in [2.24, 2.45) is 0 Å². The highest BCUT2D eigenvalue weighted by Crippen LogP contribution is 2.45. The predicted molar refractivity (Wildman–Crippen MR) is 145 cm³/mol. The van der Waals surface area contributed by atoms with Gasteiger partial charge in [-0.2, -0.15) is 0 Å². The minimum absolute atomic E-state index is 0.0891. The number of benzene rings is 3. The fourth-order valence-electron chi connectivity index (χ4n) is 4.40. The monoisotopic (exact) mass is 537 g/mol. The second-order valence-corrected chi connectivity index (χ2v) is 8.70. The average Bonchev–Trinajstić information content (AvgIpc) is 3.19. The second-order valence-electron chi connectivity index (χ2n) is 8.29. The quantitative estimate of drug-likeness (QED) is 0.210. The number of ketones is 1. The van der Waals surface area contributed by atoms with Crippen molar-refractivity contribution in [3.8, 4) is 23.0 Å². The van der Waals surface area contributed by atoms with Gasteiger partial charge < -0.3 is 24.1 Å². The lowest BCUT2D eigenvalue weighted by Crippen LogP contribution is -2.29. The number of methoxy groups -OCH3 is 2. The molecule has 0 aliphatic carbocycles. The standard InChI is InChI=1S/C29H28ClNO7/c1-5-37-20-9-7-8-19(16-20)31-26(17-11-13-22(35-3)24(14-17)36-4)25(28(33)29(31)34)27(32)18-10-12-21(30)23(15-18)38-6-2/h7-16,26,32H,5-6H2,1-4H3/b27-25-. The second kappa shape index (κ2) is 11.5. The number of amides is 1. The number of rotatable bonds is 9. The molecule has 1 N–H and O–H groups in total. The molecule has 1 aliphatic rings. The molecular formula is C29H28ClNO7. The molecule has 4 rings (SSSR count). The Kier molecular flexibility index (Phi) is 8.12. The van der Waals surface area contributed by atoms with E-state index in [1.54, 1.807) is 54.6 Å². The Hall–Kier alpha value is -4.17. The minimum atomic E-state index is -0.974. The number of carbonyl (C=O) groups excluding carboxylic acids is 2. The molecule has 0 saturated carbocycles. The van der Waals surface area contributed by atoms with Crippen LogP contribution < -0.4 is 23.8 Å². The number of Topliss-reactive ketones (excluding diaryl/α,β-unsaturated/α-hetero) is 1. The van der Waals surface area contributed by atoms with Gasteiger partial charge in [0.05, 0.1) is 44.1 Å². The van der Waals surface area contributed by atoms with Crippen molar-refractivity contribution in [1.29, 1.82) is 0 Å². The average molecular weight is 538 g/mol. The number of ether oxygens (including phenoxy) is 4. The normalized spacial score (nSPS) is 16.4. The Balaban J connectivity index is 1.95. The predicted octanol–water partition coefficient (Wildman–Crippen LogP) is 5.78. The van der Waals surface area contributed by atoms with E-state index in [9.17, 15) is 14.7 Å². The molecule has 0 aromatic heterocycles. The molecule has 1 fully saturated rings. The van der Waals surface area contributed by atoms with Gasteiger partial charge in [0.15, 0.2) is 11.5 Å². The maximum Gasteiger partial charge on any atom is 0.300 e. The molecule has 1 heterocycles. The number of aliphatic hydroxyl groups excluding tert-OH is 1. The van der Waals surface area contributed by atoms with Gasteiger partial charge in [-0.25, -0.2) is 0 Å². The Morgan fingerprint density at radius 2 is 1.63 bits per heavy atom. The van der Waals surface area contributed by atoms with Crippen molar-refractivity contribution in [3.63, 3.8) is 0 Å². The number of hydrogen-bond donors (Lipinski definition) is 1. The van der Waals surface area contributed by atoms with Crippen LogP contribution in [-0.4, -0.2) is 44.2 Å². The van der Waals surface area contributed by atoms with Crippen LogP contribution in [0.1, 0.15) is 31.0 Å². The molecule has 0 radical (unpaired) electrons. The van der Waals surface area contributed by atoms with Crippen molar-refractivity contribution >= 4 is 34.7 Å². The number of aliphatic hydroxyl groups is 1. The van der Waals surface area contributed by atoms with Crippen molar-refractivity contribution in [2.45, 2.75) is 19.9 Å². The Bertz CT molecular complexity index is 1400. The van der Waals surface area contributed by atoms with Crippen LogP contribution in [-0.2, 0) is 9.59 Å². The number of halogens is 1. The van der Waals surface area contributed by atoms with Gasteiger partial charge in [0, 0.05) is 17.3 Å². The molecule has 0 spiro atoms. The van der Waals surface area contributed by atoms with Gasteiger partial charge >= 0.3 is 0 Å². The first-order valence-corrected chi connectivity index (χ1v) is 12.4. The number of hydrogen-bond acceptors (Lipinski definition) is 7. The molecule has 3 aromatic carbocycles. The zero-order valence-corrected chi connectivity index (χ0v) is 22.2. The highest BCUT2D eigenvalue weighted by atomic mass is 35.5. The molecule has 1 unspecified atom stereocenters. The molecule has 9 heteroatoms. The Morgan fingerprint density at radius 1 is 0.895 bits per heavy atom. The SMILES string of the molecule is CCOc1cccc(N2C(=O)C(=O)/C(=C(\O)c3ccc(Cl)c(OCC)c3)C2c2ccc(OC)c(OC)c2)c1. The van der Waals surface area contributed by atoms with Crippen LogP contribution in [0.3, 0.4) is 0 Å². The maximum atomic E-state index is 13.5. The first-order valence-electron chi connectivity index (χ1n) is 12.0. The summed E-state index contributed by atoms with van der Waals surface area (Å²) in [6.45, 7) is 4.45. The van der Waals surface area contributed by atoms with Crippen molar-refractivity contribution in [1.82, 2.24) is 0 Å². The largest absolute Gasteiger partial charge is 0.507 e. The van der Waals surface area contributed by atoms with E-state index in [4.69, 9.17) is 30.5 Å². The molecule has 1 amide bonds. The summed E-state index contributed by atoms with van der Waals surface area (Å²) in [6, 6.07) is 15.7. The van der Waals surface area contributed by atoms with Crippen LogP contribution in [0.5, 0.6) is 23.0 Å². The zero-order valence-electron chi connectivity index (χ0n) is 21.5. The van der Waals surface area contributed by atoms with Crippen molar-refractivity contribution < 1.29 is 33.6 Å². The summed E-state index contributed by atoms with van der Waals surface area (Å²) in [7, 11) is 3.01. The maximum absolute atomic E-state index is 13.5. The van der Waals surface area contributed by atoms with Crippen LogP contribution in [0.15, 0.2) is 66.2 Å². The summed E-state index contributed by atoms with van der Waals surface area (Å²) in [6.07, 6.45) is 0. The van der Waals surface area contributed by atoms with Crippen LogP contribution in [0, 0.1) is 0 Å². The summed E-state index contributed by atoms with van der Waals surface area (Å²) in [5.74, 6) is -0.217. The zero-order chi connectivity index (χ0) is 27.4. The molecule has 0 bridgehead atoms. The number of carbonyl (C=O) groups is 2. The van der Waals surface area contributed by atoms with E-state index in [1.807, 2.05) is 13.8 Å². The smallest absolute Gasteiger partial charge is 0.300 e. The third-order valence-corrected chi connectivity index (χ3v) is 6.39. The van der Waals surface area contributed by atoms with E-state index in [0.717, 1.165) is 0 Å². The molecular weight excluding hydrogens is 510 g/mol. The highest BCUT2D eigenvalue weighted by Gasteiger charge is 2.47. The van der Waals surface area contributed by atoms with E-state index in [-0.39, 0.29) is 16.9 Å². The molecule has 3 aromatic rings. The summed E-state index contributed by atoms with van der Waals surface area (Å²) in [5.41, 5.74) is 1.16. The van der Waals surface area contributed by atoms with Crippen LogP contribution in [0.25, 0.3) is 5.76 Å². The molecule has 198 valence electrons. The first-order chi connectivity index (χ1) is 18.3. The minimum Gasteiger partial charge on any atom is -0.507 e. The lowest BCUT2D eigenvalue weighted by Gasteiger charge is -2.26. The summed E-state index contributed by atoms with van der Waals surface area (Å²) in [4.78, 5) is 28.3. The third-order valence-electron chi connectivity index (χ3n) is 6.08. The molecule has 1 atom stereocenters. The fourth-order valence-corrected chi connectivity index (χ4v) is 4.57.